The number of nitrogens with one attached hydrogen (secondary N) is 1. The molecule has 202 valence electrons. The highest BCUT2D eigenvalue weighted by Crippen LogP contribution is 2.41. The molecule has 0 bridgehead atoms. The minimum atomic E-state index is -0.996. The number of hydrogen-bond acceptors (Lipinski definition) is 6. The van der Waals surface area contributed by atoms with Crippen molar-refractivity contribution in [3.63, 3.8) is 0 Å². The Morgan fingerprint density at radius 2 is 1.92 bits per heavy atom. The number of nitrogens with zero attached hydrogens (tertiary/aromatic N) is 3. The van der Waals surface area contributed by atoms with Gasteiger partial charge in [-0.3, -0.25) is 4.79 Å². The molecular formula is C30H38N4O3S. The number of carbonyl (C=O) groups excluding carboxylic acids is 1. The first kappa shape index (κ1) is 26.9. The number of amides is 1. The second-order valence-electron chi connectivity index (χ2n) is 10.3. The van der Waals surface area contributed by atoms with Crippen molar-refractivity contribution in [1.82, 2.24) is 19.8 Å². The van der Waals surface area contributed by atoms with Crippen LogP contribution < -0.4 is 5.32 Å². The molecule has 1 saturated carbocycles. The lowest BCUT2D eigenvalue weighted by atomic mass is 9.80. The van der Waals surface area contributed by atoms with Crippen LogP contribution in [0.2, 0.25) is 0 Å². The van der Waals surface area contributed by atoms with Crippen molar-refractivity contribution in [2.24, 2.45) is 0 Å². The summed E-state index contributed by atoms with van der Waals surface area (Å²) in [6.45, 7) is 2.45. The predicted molar refractivity (Wildman–Crippen MR) is 151 cm³/mol. The van der Waals surface area contributed by atoms with Gasteiger partial charge in [-0.25, -0.2) is 4.98 Å². The number of imidazole rings is 1. The first-order chi connectivity index (χ1) is 18.6. The molecule has 0 spiro atoms. The summed E-state index contributed by atoms with van der Waals surface area (Å²) in [5.41, 5.74) is 1.19. The van der Waals surface area contributed by atoms with Crippen LogP contribution in [0.5, 0.6) is 0 Å². The van der Waals surface area contributed by atoms with Crippen LogP contribution in [0, 0.1) is 0 Å². The van der Waals surface area contributed by atoms with E-state index in [1.165, 1.54) is 4.90 Å². The minimum absolute atomic E-state index is 0.0371. The van der Waals surface area contributed by atoms with E-state index < -0.39 is 5.60 Å². The monoisotopic (exact) mass is 534 g/mol. The maximum Gasteiger partial charge on any atom is 0.275 e. The molecular weight excluding hydrogens is 496 g/mol. The lowest BCUT2D eigenvalue weighted by molar-refractivity contribution is -0.0893. The topological polar surface area (TPSA) is 79.6 Å². The zero-order valence-corrected chi connectivity index (χ0v) is 22.9. The van der Waals surface area contributed by atoms with Gasteiger partial charge in [-0.15, -0.1) is 11.8 Å². The van der Waals surface area contributed by atoms with Crippen LogP contribution in [0.1, 0.15) is 48.6 Å². The molecule has 0 unspecified atom stereocenters. The van der Waals surface area contributed by atoms with E-state index in [1.807, 2.05) is 57.6 Å². The van der Waals surface area contributed by atoms with Gasteiger partial charge >= 0.3 is 0 Å². The van der Waals surface area contributed by atoms with E-state index in [0.29, 0.717) is 18.7 Å². The fourth-order valence-electron chi connectivity index (χ4n) is 5.91. The molecule has 1 aliphatic heterocycles. The average Bonchev–Trinajstić information content (AvgIpc) is 3.39. The maximum absolute atomic E-state index is 14.1. The first-order valence-electron chi connectivity index (χ1n) is 13.6. The summed E-state index contributed by atoms with van der Waals surface area (Å²) in [7, 11) is 1.63. The number of aliphatic hydroxyl groups is 1. The molecule has 1 amide bonds. The third-order valence-corrected chi connectivity index (χ3v) is 8.85. The SMILES string of the molecule is COC[C@]1(O)CCCC[C@H]1n1cnc(C(=O)N2CCNC[C@H]2CCSc2ccccc2)c1-c1ccccc1. The van der Waals surface area contributed by atoms with Crippen molar-refractivity contribution in [3.05, 3.63) is 72.7 Å². The van der Waals surface area contributed by atoms with Crippen molar-refractivity contribution in [3.8, 4) is 11.3 Å². The standard InChI is InChI=1S/C30H38N4O3S/c1-37-21-30(36)16-9-8-14-26(30)34-22-32-27(28(34)23-10-4-2-5-11-23)29(35)33-18-17-31-20-24(33)15-19-38-25-12-6-3-7-13-25/h2-7,10-13,22,24,26,31,36H,8-9,14-21H2,1H3/t24-,26-,30-/m1/s1. The second-order valence-corrected chi connectivity index (χ2v) is 11.5. The third kappa shape index (κ3) is 5.83. The Balaban J connectivity index is 1.43. The first-order valence-corrected chi connectivity index (χ1v) is 14.6. The Hall–Kier alpha value is -2.65. The van der Waals surface area contributed by atoms with Crippen molar-refractivity contribution in [2.75, 3.05) is 39.1 Å². The summed E-state index contributed by atoms with van der Waals surface area (Å²) in [4.78, 5) is 22.1. The van der Waals surface area contributed by atoms with Gasteiger partial charge in [0.15, 0.2) is 5.69 Å². The van der Waals surface area contributed by atoms with Crippen LogP contribution >= 0.6 is 11.8 Å². The molecule has 2 heterocycles. The smallest absolute Gasteiger partial charge is 0.275 e. The Morgan fingerprint density at radius 1 is 1.16 bits per heavy atom. The summed E-state index contributed by atoms with van der Waals surface area (Å²) < 4.78 is 7.49. The number of carbonyl (C=O) groups is 1. The summed E-state index contributed by atoms with van der Waals surface area (Å²) in [5.74, 6) is 0.900. The number of methoxy groups -OCH3 is 1. The molecule has 2 N–H and O–H groups in total. The van der Waals surface area contributed by atoms with E-state index in [4.69, 9.17) is 9.72 Å². The van der Waals surface area contributed by atoms with E-state index in [9.17, 15) is 9.90 Å². The lowest BCUT2D eigenvalue weighted by Crippen LogP contribution is -2.54. The maximum atomic E-state index is 14.1. The highest BCUT2D eigenvalue weighted by Gasteiger charge is 2.42. The molecule has 8 heteroatoms. The lowest BCUT2D eigenvalue weighted by Gasteiger charge is -2.41. The number of ether oxygens (including phenoxy) is 1. The van der Waals surface area contributed by atoms with Crippen LogP contribution in [-0.4, -0.2) is 76.2 Å². The third-order valence-electron chi connectivity index (χ3n) is 7.81. The molecule has 1 aromatic heterocycles. The van der Waals surface area contributed by atoms with Crippen molar-refractivity contribution in [1.29, 1.82) is 0 Å². The Labute approximate surface area is 229 Å². The van der Waals surface area contributed by atoms with Gasteiger partial charge in [-0.1, -0.05) is 61.4 Å². The van der Waals surface area contributed by atoms with Gasteiger partial charge in [0.2, 0.25) is 0 Å². The fraction of sp³-hybridized carbons (Fsp3) is 0.467. The molecule has 1 aliphatic carbocycles. The highest BCUT2D eigenvalue weighted by atomic mass is 32.2. The molecule has 2 aliphatic rings. The Kier molecular flexibility index (Phi) is 8.84. The zero-order valence-electron chi connectivity index (χ0n) is 22.1. The van der Waals surface area contributed by atoms with Gasteiger partial charge in [0.25, 0.3) is 5.91 Å². The Morgan fingerprint density at radius 3 is 2.68 bits per heavy atom. The number of aromatic nitrogens is 2. The number of thioether (sulfide) groups is 1. The van der Waals surface area contributed by atoms with Gasteiger partial charge in [0.1, 0.15) is 5.60 Å². The largest absolute Gasteiger partial charge is 0.385 e. The van der Waals surface area contributed by atoms with Crippen molar-refractivity contribution >= 4 is 17.7 Å². The fourth-order valence-corrected chi connectivity index (χ4v) is 6.88. The highest BCUT2D eigenvalue weighted by molar-refractivity contribution is 7.99. The van der Waals surface area contributed by atoms with Crippen LogP contribution in [0.4, 0.5) is 0 Å². The summed E-state index contributed by atoms with van der Waals surface area (Å²) in [5, 5.41) is 15.1. The Bertz CT molecular complexity index is 1180. The van der Waals surface area contributed by atoms with E-state index in [-0.39, 0.29) is 24.6 Å². The summed E-state index contributed by atoms with van der Waals surface area (Å²) >= 11 is 1.83. The number of benzene rings is 2. The van der Waals surface area contributed by atoms with E-state index in [0.717, 1.165) is 55.8 Å². The predicted octanol–water partition coefficient (Wildman–Crippen LogP) is 4.64. The number of rotatable bonds is 9. The van der Waals surface area contributed by atoms with Gasteiger partial charge in [0.05, 0.1) is 24.7 Å². The minimum Gasteiger partial charge on any atom is -0.385 e. The molecule has 2 aromatic carbocycles. The molecule has 0 radical (unpaired) electrons. The van der Waals surface area contributed by atoms with Crippen LogP contribution in [0.3, 0.4) is 0 Å². The zero-order chi connectivity index (χ0) is 26.4. The normalized spacial score (nSPS) is 23.9. The van der Waals surface area contributed by atoms with E-state index >= 15 is 0 Å². The molecule has 38 heavy (non-hydrogen) atoms. The molecule has 1 saturated heterocycles. The van der Waals surface area contributed by atoms with E-state index in [1.54, 1.807) is 13.4 Å². The van der Waals surface area contributed by atoms with Gasteiger partial charge in [-0.05, 0) is 31.4 Å². The average molecular weight is 535 g/mol. The van der Waals surface area contributed by atoms with Gasteiger partial charge < -0.3 is 24.6 Å². The van der Waals surface area contributed by atoms with Crippen LogP contribution in [-0.2, 0) is 4.74 Å². The summed E-state index contributed by atoms with van der Waals surface area (Å²) in [6, 6.07) is 20.3. The molecule has 7 nitrogen and oxygen atoms in total. The van der Waals surface area contributed by atoms with Crippen molar-refractivity contribution < 1.29 is 14.6 Å². The molecule has 2 fully saturated rings. The molecule has 3 aromatic rings. The molecule has 5 rings (SSSR count). The van der Waals surface area contributed by atoms with Gasteiger partial charge in [0, 0.05) is 49.0 Å². The summed E-state index contributed by atoms with van der Waals surface area (Å²) in [6.07, 6.45) is 6.12. The number of hydrogen-bond donors (Lipinski definition) is 2. The van der Waals surface area contributed by atoms with E-state index in [2.05, 4.69) is 29.6 Å². The van der Waals surface area contributed by atoms with Gasteiger partial charge in [-0.2, -0.15) is 0 Å². The van der Waals surface area contributed by atoms with Crippen LogP contribution in [0.15, 0.2) is 71.9 Å². The number of piperazine rings is 1. The molecule has 3 atom stereocenters. The van der Waals surface area contributed by atoms with Crippen LogP contribution in [0.25, 0.3) is 11.3 Å². The van der Waals surface area contributed by atoms with Crippen molar-refractivity contribution in [2.45, 2.75) is 54.7 Å². The second kappa shape index (κ2) is 12.5. The quantitative estimate of drug-likeness (QED) is 0.390.